The average Bonchev–Trinajstić information content (AvgIpc) is 2.95. The molecule has 0 aromatic heterocycles. The third kappa shape index (κ3) is 3.89. The maximum absolute atomic E-state index is 12.1. The SMILES string of the molecule is [B][C@@H]1O[C@@H]2CO[P+](=O)OC3[C@@H](CO[P+](=O)O[C@@H]2C1C)O[C@@H](C)[C@H]3C. The molecule has 4 unspecified atom stereocenters. The van der Waals surface area contributed by atoms with E-state index in [1.165, 1.54) is 0 Å². The summed E-state index contributed by atoms with van der Waals surface area (Å²) in [6.07, 6.45) is -2.24. The minimum Gasteiger partial charge on any atom is -0.379 e. The van der Waals surface area contributed by atoms with Crippen molar-refractivity contribution in [3.8, 4) is 0 Å². The quantitative estimate of drug-likeness (QED) is 0.468. The fourth-order valence-corrected chi connectivity index (χ4v) is 4.85. The molecule has 3 rings (SSSR count). The second-order valence-corrected chi connectivity index (χ2v) is 8.25. The van der Waals surface area contributed by atoms with Crippen LogP contribution < -0.4 is 0 Å². The van der Waals surface area contributed by atoms with Gasteiger partial charge in [-0.05, 0) is 6.92 Å². The monoisotopic (exact) mass is 378 g/mol. The normalized spacial score (nSPS) is 50.6. The summed E-state index contributed by atoms with van der Waals surface area (Å²) in [5.41, 5.74) is 0. The van der Waals surface area contributed by atoms with Gasteiger partial charge >= 0.3 is 16.5 Å². The maximum Gasteiger partial charge on any atom is 0.697 e. The van der Waals surface area contributed by atoms with Crippen LogP contribution in [-0.4, -0.2) is 57.6 Å². The topological polar surface area (TPSA) is 89.5 Å². The molecular weight excluding hydrogens is 357 g/mol. The molecule has 11 heteroatoms. The number of hydrogen-bond acceptors (Lipinski definition) is 8. The standard InChI is InChI=1S/C13H21BO8P2/c1-6-8(3)19-9-4-17-24(16)22-12-7(2)13(14)20-10(12)5-18-23(15)21-11(6)9/h6-13H,4-5H2,1-3H3/q+2/t6-,7?,8+,9-,10-,11?,12-,13-/m1/s1. The van der Waals surface area contributed by atoms with Crippen LogP contribution in [0.5, 0.6) is 0 Å². The first-order valence-corrected chi connectivity index (χ1v) is 10.2. The Hall–Kier alpha value is 0.0249. The van der Waals surface area contributed by atoms with Gasteiger partial charge in [-0.2, -0.15) is 0 Å². The highest BCUT2D eigenvalue weighted by molar-refractivity contribution is 7.33. The smallest absolute Gasteiger partial charge is 0.379 e. The van der Waals surface area contributed by atoms with E-state index >= 15 is 0 Å². The number of fused-ring (bicyclic) bond motifs is 2. The molecule has 0 amide bonds. The summed E-state index contributed by atoms with van der Waals surface area (Å²) >= 11 is 0. The van der Waals surface area contributed by atoms with Crippen LogP contribution in [0.25, 0.3) is 0 Å². The molecule has 0 aromatic rings. The summed E-state index contributed by atoms with van der Waals surface area (Å²) < 4.78 is 57.1. The van der Waals surface area contributed by atoms with Crippen LogP contribution in [0.4, 0.5) is 0 Å². The van der Waals surface area contributed by atoms with Gasteiger partial charge in [-0.3, -0.25) is 0 Å². The molecule has 8 nitrogen and oxygen atoms in total. The molecule has 0 aromatic carbocycles. The summed E-state index contributed by atoms with van der Waals surface area (Å²) in [6.45, 7) is 5.61. The van der Waals surface area contributed by atoms with E-state index in [0.29, 0.717) is 0 Å². The lowest BCUT2D eigenvalue weighted by molar-refractivity contribution is -0.0264. The van der Waals surface area contributed by atoms with E-state index in [1.807, 2.05) is 20.8 Å². The van der Waals surface area contributed by atoms with Crippen LogP contribution in [0.2, 0.25) is 0 Å². The van der Waals surface area contributed by atoms with E-state index in [9.17, 15) is 9.13 Å². The molecule has 2 radical (unpaired) electrons. The molecule has 0 saturated carbocycles. The van der Waals surface area contributed by atoms with E-state index < -0.39 is 46.9 Å². The van der Waals surface area contributed by atoms with Crippen molar-refractivity contribution in [2.45, 2.75) is 57.3 Å². The Balaban J connectivity index is 1.74. The van der Waals surface area contributed by atoms with Crippen molar-refractivity contribution in [3.05, 3.63) is 0 Å². The first kappa shape index (κ1) is 18.8. The predicted octanol–water partition coefficient (Wildman–Crippen LogP) is 2.07. The van der Waals surface area contributed by atoms with E-state index in [0.717, 1.165) is 0 Å². The minimum absolute atomic E-state index is 0.00758. The summed E-state index contributed by atoms with van der Waals surface area (Å²) in [7, 11) is 1.12. The Kier molecular flexibility index (Phi) is 6.05. The van der Waals surface area contributed by atoms with E-state index in [-0.39, 0.29) is 31.2 Å². The van der Waals surface area contributed by atoms with Gasteiger partial charge in [0.15, 0.2) is 0 Å². The van der Waals surface area contributed by atoms with Crippen molar-refractivity contribution in [2.75, 3.05) is 13.2 Å². The lowest BCUT2D eigenvalue weighted by atomic mass is 9.86. The molecule has 3 aliphatic heterocycles. The molecule has 3 fully saturated rings. The highest BCUT2D eigenvalue weighted by atomic mass is 31.1. The summed E-state index contributed by atoms with van der Waals surface area (Å²) in [4.78, 5) is 0. The van der Waals surface area contributed by atoms with Crippen molar-refractivity contribution in [1.82, 2.24) is 0 Å². The van der Waals surface area contributed by atoms with E-state index in [4.69, 9.17) is 35.4 Å². The molecule has 3 aliphatic rings. The lowest BCUT2D eigenvalue weighted by Gasteiger charge is -2.16. The van der Waals surface area contributed by atoms with Gasteiger partial charge in [0, 0.05) is 27.0 Å². The fraction of sp³-hybridized carbons (Fsp3) is 1.00. The van der Waals surface area contributed by atoms with Crippen molar-refractivity contribution >= 4 is 24.4 Å². The summed E-state index contributed by atoms with van der Waals surface area (Å²) in [6, 6.07) is -0.584. The van der Waals surface area contributed by atoms with Crippen molar-refractivity contribution in [3.63, 3.8) is 0 Å². The van der Waals surface area contributed by atoms with Crippen LogP contribution in [0.1, 0.15) is 20.8 Å². The summed E-state index contributed by atoms with van der Waals surface area (Å²) in [5.74, 6) is -0.217. The Morgan fingerprint density at radius 2 is 1.33 bits per heavy atom. The average molecular weight is 378 g/mol. The highest BCUT2D eigenvalue weighted by Gasteiger charge is 2.51. The second-order valence-electron chi connectivity index (χ2n) is 6.42. The number of rotatable bonds is 0. The molecule has 0 spiro atoms. The summed E-state index contributed by atoms with van der Waals surface area (Å²) in [5, 5.41) is 0. The third-order valence-corrected chi connectivity index (χ3v) is 6.40. The van der Waals surface area contributed by atoms with E-state index in [2.05, 4.69) is 0 Å². The second kappa shape index (κ2) is 7.72. The predicted molar refractivity (Wildman–Crippen MR) is 83.9 cm³/mol. The molecule has 0 aliphatic carbocycles. The van der Waals surface area contributed by atoms with Gasteiger partial charge < -0.3 is 9.47 Å². The Labute approximate surface area is 144 Å². The van der Waals surface area contributed by atoms with Gasteiger partial charge in [-0.15, -0.1) is 18.1 Å². The number of ether oxygens (including phenoxy) is 2. The maximum atomic E-state index is 12.1. The van der Waals surface area contributed by atoms with E-state index in [1.54, 1.807) is 0 Å². The van der Waals surface area contributed by atoms with Gasteiger partial charge in [-0.25, -0.2) is 0 Å². The third-order valence-electron chi connectivity index (χ3n) is 4.85. The number of hydrogen-bond donors (Lipinski definition) is 0. The van der Waals surface area contributed by atoms with Crippen LogP contribution in [0.3, 0.4) is 0 Å². The zero-order valence-electron chi connectivity index (χ0n) is 13.8. The van der Waals surface area contributed by atoms with Crippen molar-refractivity contribution in [1.29, 1.82) is 0 Å². The van der Waals surface area contributed by atoms with Crippen molar-refractivity contribution < 1.29 is 36.7 Å². The molecule has 0 bridgehead atoms. The molecule has 10 atom stereocenters. The first-order chi connectivity index (χ1) is 11.4. The molecule has 3 saturated heterocycles. The first-order valence-electron chi connectivity index (χ1n) is 7.97. The van der Waals surface area contributed by atoms with Crippen LogP contribution in [0, 0.1) is 11.8 Å². The minimum atomic E-state index is -2.37. The van der Waals surface area contributed by atoms with Crippen LogP contribution >= 0.6 is 16.5 Å². The lowest BCUT2D eigenvalue weighted by Crippen LogP contribution is -2.33. The van der Waals surface area contributed by atoms with Crippen molar-refractivity contribution in [2.24, 2.45) is 11.8 Å². The largest absolute Gasteiger partial charge is 0.697 e. The molecule has 0 N–H and O–H groups in total. The molecule has 3 heterocycles. The van der Waals surface area contributed by atoms with Gasteiger partial charge in [0.2, 0.25) is 0 Å². The van der Waals surface area contributed by atoms with Crippen LogP contribution in [-0.2, 0) is 36.7 Å². The Morgan fingerprint density at radius 3 is 1.92 bits per heavy atom. The zero-order valence-corrected chi connectivity index (χ0v) is 15.6. The van der Waals surface area contributed by atoms with Gasteiger partial charge in [-0.1, -0.05) is 13.8 Å². The highest BCUT2D eigenvalue weighted by Crippen LogP contribution is 2.42. The van der Waals surface area contributed by atoms with Crippen LogP contribution in [0.15, 0.2) is 0 Å². The van der Waals surface area contributed by atoms with Gasteiger partial charge in [0.25, 0.3) is 0 Å². The molecule has 24 heavy (non-hydrogen) atoms. The molecular formula is C13H21BO8P2+2. The Morgan fingerprint density at radius 1 is 0.833 bits per heavy atom. The molecule has 132 valence electrons. The Bertz CT molecular complexity index is 464. The van der Waals surface area contributed by atoms with Gasteiger partial charge in [0.05, 0.1) is 6.10 Å². The zero-order chi connectivity index (χ0) is 17.4. The fourth-order valence-electron chi connectivity index (χ4n) is 3.14. The van der Waals surface area contributed by atoms with Gasteiger partial charge in [0.1, 0.15) is 45.5 Å².